The van der Waals surface area contributed by atoms with E-state index >= 15 is 0 Å². The van der Waals surface area contributed by atoms with Crippen molar-refractivity contribution in [3.8, 4) is 0 Å². The average Bonchev–Trinajstić information content (AvgIpc) is 3.21. The number of benzene rings is 1. The molecule has 6 heteroatoms. The van der Waals surface area contributed by atoms with Gasteiger partial charge >= 0.3 is 0 Å². The number of halogens is 1. The summed E-state index contributed by atoms with van der Waals surface area (Å²) >= 11 is 1.46. The van der Waals surface area contributed by atoms with Gasteiger partial charge in [0, 0.05) is 50.0 Å². The van der Waals surface area contributed by atoms with Crippen LogP contribution in [0.2, 0.25) is 0 Å². The molecule has 1 atom stereocenters. The molecular formula is C17H20FN3OS. The molecule has 2 aromatic rings. The first-order valence-electron chi connectivity index (χ1n) is 8.14. The highest BCUT2D eigenvalue weighted by molar-refractivity contribution is 7.20. The molecule has 2 aliphatic rings. The number of likely N-dealkylation sites (tertiary alicyclic amines) is 1. The standard InChI is InChI=1S/C17H20FN3OS/c18-13-1-2-15-12(9-13)10-16(23-15)17(22)21-6-3-14(11-21)20-7-4-19-5-8-20/h1-2,9-10,14,19H,3-8,11H2. The molecule has 0 radical (unpaired) electrons. The molecule has 23 heavy (non-hydrogen) atoms. The smallest absolute Gasteiger partial charge is 0.264 e. The predicted octanol–water partition coefficient (Wildman–Crippen LogP) is 2.16. The number of amides is 1. The van der Waals surface area contributed by atoms with E-state index in [-0.39, 0.29) is 11.7 Å². The number of fused-ring (bicyclic) bond motifs is 1. The minimum atomic E-state index is -0.255. The van der Waals surface area contributed by atoms with E-state index in [4.69, 9.17) is 0 Å². The first-order valence-corrected chi connectivity index (χ1v) is 8.95. The summed E-state index contributed by atoms with van der Waals surface area (Å²) in [5.41, 5.74) is 0. The number of nitrogens with zero attached hydrogens (tertiary/aromatic N) is 2. The summed E-state index contributed by atoms with van der Waals surface area (Å²) in [5, 5.41) is 4.18. The molecule has 0 spiro atoms. The number of carbonyl (C=O) groups is 1. The zero-order chi connectivity index (χ0) is 15.8. The molecule has 2 aliphatic heterocycles. The van der Waals surface area contributed by atoms with E-state index in [1.807, 2.05) is 11.0 Å². The largest absolute Gasteiger partial charge is 0.336 e. The van der Waals surface area contributed by atoms with Gasteiger partial charge in [-0.15, -0.1) is 11.3 Å². The fraction of sp³-hybridized carbons (Fsp3) is 0.471. The van der Waals surface area contributed by atoms with Gasteiger partial charge in [0.15, 0.2) is 0 Å². The number of hydrogen-bond acceptors (Lipinski definition) is 4. The van der Waals surface area contributed by atoms with E-state index in [1.165, 1.54) is 23.5 Å². The van der Waals surface area contributed by atoms with Crippen molar-refractivity contribution in [2.24, 2.45) is 0 Å². The van der Waals surface area contributed by atoms with Crippen molar-refractivity contribution in [1.82, 2.24) is 15.1 Å². The van der Waals surface area contributed by atoms with Crippen molar-refractivity contribution in [3.05, 3.63) is 35.0 Å². The third-order valence-electron chi connectivity index (χ3n) is 4.81. The van der Waals surface area contributed by atoms with Crippen LogP contribution in [0.1, 0.15) is 16.1 Å². The number of carbonyl (C=O) groups excluding carboxylic acids is 1. The van der Waals surface area contributed by atoms with Crippen molar-refractivity contribution in [2.45, 2.75) is 12.5 Å². The molecule has 1 aromatic heterocycles. The van der Waals surface area contributed by atoms with Gasteiger partial charge in [-0.25, -0.2) is 4.39 Å². The molecule has 4 nitrogen and oxygen atoms in total. The first-order chi connectivity index (χ1) is 11.2. The second-order valence-corrected chi connectivity index (χ2v) is 7.36. The Bertz CT molecular complexity index is 726. The molecule has 122 valence electrons. The molecule has 1 N–H and O–H groups in total. The fourth-order valence-electron chi connectivity index (χ4n) is 3.55. The summed E-state index contributed by atoms with van der Waals surface area (Å²) < 4.78 is 14.3. The van der Waals surface area contributed by atoms with Crippen molar-refractivity contribution in [2.75, 3.05) is 39.3 Å². The maximum Gasteiger partial charge on any atom is 0.264 e. The Kier molecular flexibility index (Phi) is 4.05. The van der Waals surface area contributed by atoms with Crippen LogP contribution in [0.4, 0.5) is 4.39 Å². The number of thiophene rings is 1. The van der Waals surface area contributed by atoms with Crippen LogP contribution >= 0.6 is 11.3 Å². The minimum absolute atomic E-state index is 0.0873. The van der Waals surface area contributed by atoms with E-state index in [2.05, 4.69) is 10.2 Å². The van der Waals surface area contributed by atoms with Crippen LogP contribution in [0, 0.1) is 5.82 Å². The molecular weight excluding hydrogens is 313 g/mol. The second kappa shape index (κ2) is 6.19. The summed E-state index contributed by atoms with van der Waals surface area (Å²) in [4.78, 5) is 17.9. The Balaban J connectivity index is 1.48. The highest BCUT2D eigenvalue weighted by Gasteiger charge is 2.31. The Morgan fingerprint density at radius 1 is 1.22 bits per heavy atom. The summed E-state index contributed by atoms with van der Waals surface area (Å²) in [6.07, 6.45) is 1.05. The third kappa shape index (κ3) is 2.98. The summed E-state index contributed by atoms with van der Waals surface area (Å²) in [7, 11) is 0. The molecule has 2 saturated heterocycles. The van der Waals surface area contributed by atoms with Crippen molar-refractivity contribution in [3.63, 3.8) is 0 Å². The van der Waals surface area contributed by atoms with Gasteiger partial charge in [0.2, 0.25) is 0 Å². The molecule has 0 bridgehead atoms. The van der Waals surface area contributed by atoms with Gasteiger partial charge in [0.25, 0.3) is 5.91 Å². The average molecular weight is 333 g/mol. The van der Waals surface area contributed by atoms with E-state index in [9.17, 15) is 9.18 Å². The summed E-state index contributed by atoms with van der Waals surface area (Å²) in [6, 6.07) is 7.00. The Morgan fingerprint density at radius 2 is 2.04 bits per heavy atom. The molecule has 0 aliphatic carbocycles. The topological polar surface area (TPSA) is 35.6 Å². The summed E-state index contributed by atoms with van der Waals surface area (Å²) in [6.45, 7) is 5.82. The zero-order valence-electron chi connectivity index (χ0n) is 12.9. The second-order valence-electron chi connectivity index (χ2n) is 6.27. The van der Waals surface area contributed by atoms with Crippen LogP contribution < -0.4 is 5.32 Å². The fourth-order valence-corrected chi connectivity index (χ4v) is 4.56. The minimum Gasteiger partial charge on any atom is -0.336 e. The molecule has 2 fully saturated rings. The van der Waals surface area contributed by atoms with Gasteiger partial charge in [-0.05, 0) is 36.1 Å². The Morgan fingerprint density at radius 3 is 2.87 bits per heavy atom. The number of rotatable bonds is 2. The number of piperazine rings is 1. The van der Waals surface area contributed by atoms with Crippen molar-refractivity contribution in [1.29, 1.82) is 0 Å². The van der Waals surface area contributed by atoms with E-state index < -0.39 is 0 Å². The normalized spacial score (nSPS) is 22.8. The first kappa shape index (κ1) is 15.1. The zero-order valence-corrected chi connectivity index (χ0v) is 13.7. The highest BCUT2D eigenvalue weighted by atomic mass is 32.1. The van der Waals surface area contributed by atoms with Gasteiger partial charge in [0.05, 0.1) is 4.88 Å². The van der Waals surface area contributed by atoms with Crippen LogP contribution in [0.15, 0.2) is 24.3 Å². The molecule has 4 rings (SSSR count). The van der Waals surface area contributed by atoms with Gasteiger partial charge in [-0.2, -0.15) is 0 Å². The predicted molar refractivity (Wildman–Crippen MR) is 90.5 cm³/mol. The lowest BCUT2D eigenvalue weighted by Gasteiger charge is -2.32. The van der Waals surface area contributed by atoms with Crippen molar-refractivity contribution < 1.29 is 9.18 Å². The molecule has 1 aromatic carbocycles. The molecule has 3 heterocycles. The molecule has 1 amide bonds. The van der Waals surface area contributed by atoms with Gasteiger partial charge in [-0.3, -0.25) is 9.69 Å². The summed E-state index contributed by atoms with van der Waals surface area (Å²) in [5.74, 6) is -0.168. The monoisotopic (exact) mass is 333 g/mol. The quantitative estimate of drug-likeness (QED) is 0.915. The Labute approximate surface area is 138 Å². The lowest BCUT2D eigenvalue weighted by atomic mass is 10.2. The molecule has 0 saturated carbocycles. The van der Waals surface area contributed by atoms with Crippen LogP contribution in [0.3, 0.4) is 0 Å². The van der Waals surface area contributed by atoms with Crippen LogP contribution in [-0.4, -0.2) is 61.0 Å². The maximum atomic E-state index is 13.3. The van der Waals surface area contributed by atoms with Crippen LogP contribution in [0.5, 0.6) is 0 Å². The SMILES string of the molecule is O=C(c1cc2cc(F)ccc2s1)N1CCC(N2CCNCC2)C1. The van der Waals surface area contributed by atoms with Crippen molar-refractivity contribution >= 4 is 27.3 Å². The Hall–Kier alpha value is -1.50. The van der Waals surface area contributed by atoms with E-state index in [0.29, 0.717) is 10.9 Å². The number of hydrogen-bond donors (Lipinski definition) is 1. The maximum absolute atomic E-state index is 13.3. The van der Waals surface area contributed by atoms with Crippen LogP contribution in [0.25, 0.3) is 10.1 Å². The van der Waals surface area contributed by atoms with Gasteiger partial charge in [0.1, 0.15) is 5.82 Å². The highest BCUT2D eigenvalue weighted by Crippen LogP contribution is 2.28. The number of nitrogens with one attached hydrogen (secondary N) is 1. The lowest BCUT2D eigenvalue weighted by molar-refractivity contribution is 0.0778. The van der Waals surface area contributed by atoms with E-state index in [1.54, 1.807) is 6.07 Å². The lowest BCUT2D eigenvalue weighted by Crippen LogP contribution is -2.49. The van der Waals surface area contributed by atoms with Crippen LogP contribution in [-0.2, 0) is 0 Å². The van der Waals surface area contributed by atoms with E-state index in [0.717, 1.165) is 55.8 Å². The third-order valence-corrected chi connectivity index (χ3v) is 5.91. The van der Waals surface area contributed by atoms with Gasteiger partial charge in [-0.1, -0.05) is 0 Å². The van der Waals surface area contributed by atoms with Gasteiger partial charge < -0.3 is 10.2 Å². The molecule has 1 unspecified atom stereocenters.